The van der Waals surface area contributed by atoms with Crippen molar-refractivity contribution in [2.75, 3.05) is 6.54 Å². The summed E-state index contributed by atoms with van der Waals surface area (Å²) in [6.45, 7) is 2.19. The summed E-state index contributed by atoms with van der Waals surface area (Å²) >= 11 is 0. The largest absolute Gasteiger partial charge is 0.481 e. The minimum absolute atomic E-state index is 0.0136. The summed E-state index contributed by atoms with van der Waals surface area (Å²) in [5.74, 6) is -0.872. The van der Waals surface area contributed by atoms with Crippen molar-refractivity contribution in [3.8, 4) is 0 Å². The Morgan fingerprint density at radius 3 is 2.13 bits per heavy atom. The standard InChI is InChI=1S/C17H19NO4S/c1-13-2-8-16(9-3-13)23(21,22)18-11-10-14-4-6-15(7-5-14)12-17(19)20/h2-9,18H,10-12H2,1H3,(H,19,20). The highest BCUT2D eigenvalue weighted by Gasteiger charge is 2.12. The first-order chi connectivity index (χ1) is 10.9. The van der Waals surface area contributed by atoms with Crippen LogP contribution >= 0.6 is 0 Å². The van der Waals surface area contributed by atoms with E-state index in [4.69, 9.17) is 5.11 Å². The molecule has 0 aliphatic heterocycles. The lowest BCUT2D eigenvalue weighted by Gasteiger charge is -2.07. The Kier molecular flexibility index (Phi) is 5.52. The second-order valence-electron chi connectivity index (χ2n) is 5.35. The Morgan fingerprint density at radius 2 is 1.57 bits per heavy atom. The zero-order valence-electron chi connectivity index (χ0n) is 12.8. The van der Waals surface area contributed by atoms with Gasteiger partial charge in [-0.2, -0.15) is 0 Å². The van der Waals surface area contributed by atoms with Crippen LogP contribution in [0.2, 0.25) is 0 Å². The van der Waals surface area contributed by atoms with Crippen LogP contribution in [-0.4, -0.2) is 26.0 Å². The second-order valence-corrected chi connectivity index (χ2v) is 7.11. The Bertz CT molecular complexity index is 765. The molecule has 6 heteroatoms. The van der Waals surface area contributed by atoms with Crippen molar-refractivity contribution in [3.05, 3.63) is 65.2 Å². The predicted molar refractivity (Wildman–Crippen MR) is 87.9 cm³/mol. The molecule has 0 heterocycles. The fourth-order valence-corrected chi connectivity index (χ4v) is 3.16. The number of nitrogens with one attached hydrogen (secondary N) is 1. The number of carbonyl (C=O) groups is 1. The van der Waals surface area contributed by atoms with Crippen LogP contribution in [-0.2, 0) is 27.7 Å². The third-order valence-corrected chi connectivity index (χ3v) is 4.89. The summed E-state index contributed by atoms with van der Waals surface area (Å²) in [7, 11) is -3.50. The van der Waals surface area contributed by atoms with E-state index in [0.29, 0.717) is 6.42 Å². The van der Waals surface area contributed by atoms with Gasteiger partial charge in [0.15, 0.2) is 0 Å². The van der Waals surface area contributed by atoms with Crippen LogP contribution in [0, 0.1) is 6.92 Å². The van der Waals surface area contributed by atoms with E-state index in [1.54, 1.807) is 36.4 Å². The Hall–Kier alpha value is -2.18. The number of aryl methyl sites for hydroxylation is 1. The van der Waals surface area contributed by atoms with Crippen LogP contribution in [0.1, 0.15) is 16.7 Å². The molecule has 0 amide bonds. The van der Waals surface area contributed by atoms with Crippen molar-refractivity contribution in [2.45, 2.75) is 24.7 Å². The van der Waals surface area contributed by atoms with Gasteiger partial charge in [0.2, 0.25) is 10.0 Å². The first kappa shape index (κ1) is 17.2. The molecule has 5 nitrogen and oxygen atoms in total. The topological polar surface area (TPSA) is 83.5 Å². The van der Waals surface area contributed by atoms with Gasteiger partial charge < -0.3 is 5.11 Å². The molecular weight excluding hydrogens is 314 g/mol. The summed E-state index contributed by atoms with van der Waals surface area (Å²) in [6.07, 6.45) is 0.527. The number of carboxylic acids is 1. The molecule has 0 radical (unpaired) electrons. The van der Waals surface area contributed by atoms with Gasteiger partial charge in [0.1, 0.15) is 0 Å². The molecule has 2 aromatic carbocycles. The lowest BCUT2D eigenvalue weighted by molar-refractivity contribution is -0.136. The summed E-state index contributed by atoms with van der Waals surface area (Å²) in [6, 6.07) is 13.8. The molecule has 0 aliphatic rings. The summed E-state index contributed by atoms with van der Waals surface area (Å²) in [5.41, 5.74) is 2.68. The number of carboxylic acid groups (broad SMARTS) is 1. The van der Waals surface area contributed by atoms with E-state index in [1.807, 2.05) is 19.1 Å². The molecule has 23 heavy (non-hydrogen) atoms. The average Bonchev–Trinajstić information content (AvgIpc) is 2.49. The molecule has 0 saturated heterocycles. The number of hydrogen-bond donors (Lipinski definition) is 2. The molecule has 2 rings (SSSR count). The van der Waals surface area contributed by atoms with Crippen LogP contribution in [0.25, 0.3) is 0 Å². The number of hydrogen-bond acceptors (Lipinski definition) is 3. The lowest BCUT2D eigenvalue weighted by Crippen LogP contribution is -2.26. The smallest absolute Gasteiger partial charge is 0.307 e. The van der Waals surface area contributed by atoms with Crippen LogP contribution in [0.4, 0.5) is 0 Å². The molecule has 0 unspecified atom stereocenters. The van der Waals surface area contributed by atoms with Gasteiger partial charge in [-0.05, 0) is 36.6 Å². The minimum atomic E-state index is -3.50. The highest BCUT2D eigenvalue weighted by molar-refractivity contribution is 7.89. The van der Waals surface area contributed by atoms with E-state index >= 15 is 0 Å². The number of rotatable bonds is 7. The quantitative estimate of drug-likeness (QED) is 0.813. The van der Waals surface area contributed by atoms with Gasteiger partial charge in [0.05, 0.1) is 11.3 Å². The summed E-state index contributed by atoms with van der Waals surface area (Å²) < 4.78 is 26.8. The Balaban J connectivity index is 1.91. The zero-order chi connectivity index (χ0) is 16.9. The Morgan fingerprint density at radius 1 is 1.00 bits per heavy atom. The SMILES string of the molecule is Cc1ccc(S(=O)(=O)NCCc2ccc(CC(=O)O)cc2)cc1. The van der Waals surface area contributed by atoms with E-state index in [0.717, 1.165) is 16.7 Å². The molecule has 0 aromatic heterocycles. The highest BCUT2D eigenvalue weighted by Crippen LogP contribution is 2.10. The lowest BCUT2D eigenvalue weighted by atomic mass is 10.1. The summed E-state index contributed by atoms with van der Waals surface area (Å²) in [4.78, 5) is 10.9. The van der Waals surface area contributed by atoms with Crippen LogP contribution in [0.5, 0.6) is 0 Å². The third kappa shape index (κ3) is 5.19. The van der Waals surface area contributed by atoms with Gasteiger partial charge in [-0.25, -0.2) is 13.1 Å². The minimum Gasteiger partial charge on any atom is -0.481 e. The van der Waals surface area contributed by atoms with E-state index in [2.05, 4.69) is 4.72 Å². The zero-order valence-corrected chi connectivity index (χ0v) is 13.6. The average molecular weight is 333 g/mol. The molecule has 0 atom stereocenters. The molecule has 2 N–H and O–H groups in total. The maximum atomic E-state index is 12.1. The van der Waals surface area contributed by atoms with Gasteiger partial charge in [-0.1, -0.05) is 42.0 Å². The predicted octanol–water partition coefficient (Wildman–Crippen LogP) is 2.14. The van der Waals surface area contributed by atoms with E-state index < -0.39 is 16.0 Å². The van der Waals surface area contributed by atoms with Crippen molar-refractivity contribution >= 4 is 16.0 Å². The van der Waals surface area contributed by atoms with E-state index in [-0.39, 0.29) is 17.9 Å². The normalized spacial score (nSPS) is 11.3. The monoisotopic (exact) mass is 333 g/mol. The van der Waals surface area contributed by atoms with Crippen molar-refractivity contribution < 1.29 is 18.3 Å². The summed E-state index contributed by atoms with van der Waals surface area (Å²) in [5, 5.41) is 8.72. The molecule has 0 saturated carbocycles. The Labute approximate surface area is 136 Å². The van der Waals surface area contributed by atoms with Gasteiger partial charge in [0.25, 0.3) is 0 Å². The third-order valence-electron chi connectivity index (χ3n) is 3.42. The van der Waals surface area contributed by atoms with Gasteiger partial charge in [-0.15, -0.1) is 0 Å². The fourth-order valence-electron chi connectivity index (χ4n) is 2.13. The van der Waals surface area contributed by atoms with Crippen LogP contribution < -0.4 is 4.72 Å². The highest BCUT2D eigenvalue weighted by atomic mass is 32.2. The molecule has 0 spiro atoms. The maximum absolute atomic E-state index is 12.1. The second kappa shape index (κ2) is 7.39. The molecule has 0 aliphatic carbocycles. The van der Waals surface area contributed by atoms with Gasteiger partial charge >= 0.3 is 5.97 Å². The van der Waals surface area contributed by atoms with E-state index in [1.165, 1.54) is 0 Å². The molecule has 0 fully saturated rings. The molecule has 2 aromatic rings. The van der Waals surface area contributed by atoms with Gasteiger partial charge in [0, 0.05) is 6.54 Å². The van der Waals surface area contributed by atoms with Crippen molar-refractivity contribution in [2.24, 2.45) is 0 Å². The van der Waals surface area contributed by atoms with Crippen LogP contribution in [0.15, 0.2) is 53.4 Å². The molecular formula is C17H19NO4S. The molecule has 0 bridgehead atoms. The van der Waals surface area contributed by atoms with Crippen molar-refractivity contribution in [1.82, 2.24) is 4.72 Å². The number of aliphatic carboxylic acids is 1. The van der Waals surface area contributed by atoms with E-state index in [9.17, 15) is 13.2 Å². The van der Waals surface area contributed by atoms with Crippen molar-refractivity contribution in [1.29, 1.82) is 0 Å². The first-order valence-electron chi connectivity index (χ1n) is 7.23. The van der Waals surface area contributed by atoms with Gasteiger partial charge in [-0.3, -0.25) is 4.79 Å². The fraction of sp³-hybridized carbons (Fsp3) is 0.235. The number of sulfonamides is 1. The van der Waals surface area contributed by atoms with Crippen LogP contribution in [0.3, 0.4) is 0 Å². The number of benzene rings is 2. The molecule has 122 valence electrons. The van der Waals surface area contributed by atoms with Crippen molar-refractivity contribution in [3.63, 3.8) is 0 Å². The first-order valence-corrected chi connectivity index (χ1v) is 8.71. The maximum Gasteiger partial charge on any atom is 0.307 e.